The molecule has 35 heavy (non-hydrogen) atoms. The lowest BCUT2D eigenvalue weighted by molar-refractivity contribution is -0.136. The fourth-order valence-corrected chi connectivity index (χ4v) is 4.53. The van der Waals surface area contributed by atoms with Crippen LogP contribution in [0.2, 0.25) is 5.02 Å². The highest BCUT2D eigenvalue weighted by Gasteiger charge is 2.19. The Hall–Kier alpha value is -4.01. The Balaban J connectivity index is 1.30. The Labute approximate surface area is 210 Å². The fourth-order valence-electron chi connectivity index (χ4n) is 3.15. The fraction of sp³-hybridized carbons (Fsp3) is 0.0769. The summed E-state index contributed by atoms with van der Waals surface area (Å²) < 4.78 is 6.33. The van der Waals surface area contributed by atoms with Crippen molar-refractivity contribution in [2.75, 3.05) is 5.32 Å². The van der Waals surface area contributed by atoms with Gasteiger partial charge < -0.3 is 10.1 Å². The molecule has 1 aromatic heterocycles. The molecule has 0 atom stereocenters. The van der Waals surface area contributed by atoms with Crippen LogP contribution in [0.5, 0.6) is 5.75 Å². The van der Waals surface area contributed by atoms with Gasteiger partial charge in [-0.1, -0.05) is 48.9 Å². The third-order valence-corrected chi connectivity index (χ3v) is 6.67. The van der Waals surface area contributed by atoms with Gasteiger partial charge in [0.05, 0.1) is 11.2 Å². The van der Waals surface area contributed by atoms with Crippen LogP contribution >= 0.6 is 22.9 Å². The number of nitrogens with one attached hydrogen (secondary N) is 2. The highest BCUT2D eigenvalue weighted by atomic mass is 35.5. The van der Waals surface area contributed by atoms with E-state index in [1.54, 1.807) is 36.4 Å². The van der Waals surface area contributed by atoms with Crippen LogP contribution in [0, 0.1) is 0 Å². The normalized spacial score (nSPS) is 10.9. The monoisotopic (exact) mass is 505 g/mol. The molecule has 4 rings (SSSR count). The number of anilines is 1. The van der Waals surface area contributed by atoms with Gasteiger partial charge in [0.1, 0.15) is 10.6 Å². The summed E-state index contributed by atoms with van der Waals surface area (Å²) in [5, 5.41) is 7.49. The van der Waals surface area contributed by atoms with E-state index in [0.29, 0.717) is 26.9 Å². The van der Waals surface area contributed by atoms with Crippen molar-refractivity contribution < 1.29 is 19.1 Å². The first-order valence-electron chi connectivity index (χ1n) is 10.7. The summed E-state index contributed by atoms with van der Waals surface area (Å²) in [6.45, 7) is 2.03. The van der Waals surface area contributed by atoms with Crippen molar-refractivity contribution in [1.82, 2.24) is 5.43 Å². The van der Waals surface area contributed by atoms with Crippen molar-refractivity contribution in [2.45, 2.75) is 13.3 Å². The molecule has 0 radical (unpaired) electrons. The van der Waals surface area contributed by atoms with Crippen LogP contribution in [0.15, 0.2) is 77.9 Å². The summed E-state index contributed by atoms with van der Waals surface area (Å²) in [5.74, 6) is -1.93. The molecule has 0 aliphatic rings. The standard InChI is InChI=1S/C26H20ClN3O4S/c1-2-16-7-11-18(12-8-16)29-24(31)25(32)30-28-15-17-9-13-19(14-10-17)34-26(33)23-22(27)20-5-3-4-6-21(20)35-23/h3-15H,2H2,1H3,(H,29,31)(H,30,32)/b28-15+. The summed E-state index contributed by atoms with van der Waals surface area (Å²) in [4.78, 5) is 36.8. The van der Waals surface area contributed by atoms with E-state index in [9.17, 15) is 14.4 Å². The second-order valence-electron chi connectivity index (χ2n) is 7.40. The van der Waals surface area contributed by atoms with E-state index in [4.69, 9.17) is 16.3 Å². The first-order chi connectivity index (χ1) is 16.9. The molecule has 0 bridgehead atoms. The number of fused-ring (bicyclic) bond motifs is 1. The van der Waals surface area contributed by atoms with Gasteiger partial charge in [0, 0.05) is 15.8 Å². The average Bonchev–Trinajstić information content (AvgIpc) is 3.22. The summed E-state index contributed by atoms with van der Waals surface area (Å²) >= 11 is 7.61. The van der Waals surface area contributed by atoms with Crippen molar-refractivity contribution in [3.63, 3.8) is 0 Å². The first-order valence-corrected chi connectivity index (χ1v) is 11.9. The molecule has 7 nitrogen and oxygen atoms in total. The highest BCUT2D eigenvalue weighted by Crippen LogP contribution is 2.35. The van der Waals surface area contributed by atoms with Gasteiger partial charge in [0.15, 0.2) is 0 Å². The number of carbonyl (C=O) groups excluding carboxylic acids is 3. The van der Waals surface area contributed by atoms with Crippen molar-refractivity contribution >= 4 is 62.7 Å². The molecule has 9 heteroatoms. The maximum atomic E-state index is 12.6. The highest BCUT2D eigenvalue weighted by molar-refractivity contribution is 7.21. The van der Waals surface area contributed by atoms with E-state index in [-0.39, 0.29) is 0 Å². The molecular formula is C26H20ClN3O4S. The second-order valence-corrected chi connectivity index (χ2v) is 8.83. The molecular weight excluding hydrogens is 486 g/mol. The number of aryl methyl sites for hydroxylation is 1. The number of nitrogens with zero attached hydrogens (tertiary/aromatic N) is 1. The number of hydrogen-bond acceptors (Lipinski definition) is 6. The zero-order valence-corrected chi connectivity index (χ0v) is 20.2. The SMILES string of the molecule is CCc1ccc(NC(=O)C(=O)N/N=C/c2ccc(OC(=O)c3sc4ccccc4c3Cl)cc2)cc1. The number of halogens is 1. The lowest BCUT2D eigenvalue weighted by Crippen LogP contribution is -2.32. The Kier molecular flexibility index (Phi) is 7.54. The molecule has 0 saturated heterocycles. The Morgan fingerprint density at radius 1 is 0.971 bits per heavy atom. The molecule has 3 aromatic carbocycles. The van der Waals surface area contributed by atoms with Crippen LogP contribution < -0.4 is 15.5 Å². The molecule has 0 spiro atoms. The molecule has 0 unspecified atom stereocenters. The second kappa shape index (κ2) is 10.9. The molecule has 1 heterocycles. The van der Waals surface area contributed by atoms with Gasteiger partial charge in [0.2, 0.25) is 0 Å². The minimum atomic E-state index is -0.897. The smallest absolute Gasteiger partial charge is 0.355 e. The maximum absolute atomic E-state index is 12.6. The van der Waals surface area contributed by atoms with Crippen LogP contribution in [0.4, 0.5) is 5.69 Å². The summed E-state index contributed by atoms with van der Waals surface area (Å²) in [6.07, 6.45) is 2.25. The summed E-state index contributed by atoms with van der Waals surface area (Å²) in [5.41, 5.74) is 4.45. The number of hydrazone groups is 1. The third-order valence-electron chi connectivity index (χ3n) is 5.02. The molecule has 4 aromatic rings. The number of amides is 2. The van der Waals surface area contributed by atoms with E-state index in [1.807, 2.05) is 43.3 Å². The number of rotatable bonds is 6. The van der Waals surface area contributed by atoms with E-state index in [0.717, 1.165) is 22.1 Å². The van der Waals surface area contributed by atoms with Crippen LogP contribution in [0.3, 0.4) is 0 Å². The molecule has 0 aliphatic carbocycles. The quantitative estimate of drug-likeness (QED) is 0.120. The topological polar surface area (TPSA) is 96.9 Å². The molecule has 0 aliphatic heterocycles. The predicted molar refractivity (Wildman–Crippen MR) is 138 cm³/mol. The lowest BCUT2D eigenvalue weighted by Gasteiger charge is -2.05. The first kappa shape index (κ1) is 24.1. The molecule has 176 valence electrons. The number of thiophene rings is 1. The minimum absolute atomic E-state index is 0.332. The maximum Gasteiger partial charge on any atom is 0.355 e. The van der Waals surface area contributed by atoms with E-state index in [2.05, 4.69) is 15.8 Å². The van der Waals surface area contributed by atoms with Crippen molar-refractivity contribution in [1.29, 1.82) is 0 Å². The zero-order valence-electron chi connectivity index (χ0n) is 18.6. The molecule has 0 saturated carbocycles. The number of ether oxygens (including phenoxy) is 1. The molecule has 2 N–H and O–H groups in total. The van der Waals surface area contributed by atoms with Crippen LogP contribution in [-0.4, -0.2) is 24.0 Å². The van der Waals surface area contributed by atoms with Crippen LogP contribution in [0.1, 0.15) is 27.7 Å². The average molecular weight is 506 g/mol. The number of carbonyl (C=O) groups is 3. The van der Waals surface area contributed by atoms with Gasteiger partial charge in [-0.05, 0) is 60.0 Å². The number of benzene rings is 3. The van der Waals surface area contributed by atoms with Gasteiger partial charge >= 0.3 is 17.8 Å². The van der Waals surface area contributed by atoms with Gasteiger partial charge in [-0.25, -0.2) is 10.2 Å². The van der Waals surface area contributed by atoms with E-state index < -0.39 is 17.8 Å². The van der Waals surface area contributed by atoms with Crippen LogP contribution in [0.25, 0.3) is 10.1 Å². The van der Waals surface area contributed by atoms with Crippen molar-refractivity contribution in [3.8, 4) is 5.75 Å². The Morgan fingerprint density at radius 2 is 1.69 bits per heavy atom. The van der Waals surface area contributed by atoms with Gasteiger partial charge in [0.25, 0.3) is 0 Å². The van der Waals surface area contributed by atoms with Gasteiger partial charge in [-0.15, -0.1) is 11.3 Å². The summed E-state index contributed by atoms with van der Waals surface area (Å²) in [7, 11) is 0. The van der Waals surface area contributed by atoms with Crippen LogP contribution in [-0.2, 0) is 16.0 Å². The lowest BCUT2D eigenvalue weighted by atomic mass is 10.1. The third kappa shape index (κ3) is 5.92. The predicted octanol–water partition coefficient (Wildman–Crippen LogP) is 5.43. The van der Waals surface area contributed by atoms with Crippen molar-refractivity contribution in [3.05, 3.63) is 93.8 Å². The van der Waals surface area contributed by atoms with Gasteiger partial charge in [-0.3, -0.25) is 9.59 Å². The van der Waals surface area contributed by atoms with E-state index >= 15 is 0 Å². The zero-order chi connectivity index (χ0) is 24.8. The van der Waals surface area contributed by atoms with Crippen molar-refractivity contribution in [2.24, 2.45) is 5.10 Å². The number of esters is 1. The minimum Gasteiger partial charge on any atom is -0.422 e. The Bertz CT molecular complexity index is 1410. The van der Waals surface area contributed by atoms with E-state index in [1.165, 1.54) is 17.6 Å². The largest absolute Gasteiger partial charge is 0.422 e. The van der Waals surface area contributed by atoms with Gasteiger partial charge in [-0.2, -0.15) is 5.10 Å². The Morgan fingerprint density at radius 3 is 2.37 bits per heavy atom. The molecule has 0 fully saturated rings. The number of hydrogen-bond donors (Lipinski definition) is 2. The molecule has 2 amide bonds. The summed E-state index contributed by atoms with van der Waals surface area (Å²) in [6, 6.07) is 21.2.